The van der Waals surface area contributed by atoms with Crippen molar-refractivity contribution in [2.75, 3.05) is 27.2 Å². The van der Waals surface area contributed by atoms with Crippen molar-refractivity contribution in [3.05, 3.63) is 48.0 Å². The maximum Gasteiger partial charge on any atom is 0.222 e. The normalized spacial score (nSPS) is 14.5. The molecule has 0 aromatic heterocycles. The molecule has 0 spiro atoms. The van der Waals surface area contributed by atoms with Gasteiger partial charge in [0.1, 0.15) is 0 Å². The van der Waals surface area contributed by atoms with E-state index < -0.39 is 0 Å². The second-order valence-electron chi connectivity index (χ2n) is 7.15. The van der Waals surface area contributed by atoms with E-state index in [9.17, 15) is 4.79 Å². The maximum atomic E-state index is 11.9. The lowest BCUT2D eigenvalue weighted by Crippen LogP contribution is -2.39. The number of nitrogens with zero attached hydrogens (tertiary/aromatic N) is 3. The van der Waals surface area contributed by atoms with Gasteiger partial charge in [0.2, 0.25) is 5.91 Å². The van der Waals surface area contributed by atoms with Crippen LogP contribution < -0.4 is 5.32 Å². The van der Waals surface area contributed by atoms with Crippen molar-refractivity contribution in [2.24, 2.45) is 4.99 Å². The Kier molecular flexibility index (Phi) is 8.89. The molecule has 1 saturated heterocycles. The number of benzene rings is 1. The maximum absolute atomic E-state index is 11.9. The van der Waals surface area contributed by atoms with Gasteiger partial charge in [0.05, 0.1) is 0 Å². The molecule has 1 aliphatic rings. The average Bonchev–Trinajstić information content (AvgIpc) is 3.08. The first-order valence-electron chi connectivity index (χ1n) is 10.0. The van der Waals surface area contributed by atoms with Gasteiger partial charge in [-0.15, -0.1) is 6.58 Å². The molecule has 1 aromatic rings. The third kappa shape index (κ3) is 6.74. The van der Waals surface area contributed by atoms with Gasteiger partial charge in [-0.2, -0.15) is 0 Å². The summed E-state index contributed by atoms with van der Waals surface area (Å²) in [5.41, 5.74) is 2.43. The van der Waals surface area contributed by atoms with Crippen LogP contribution in [-0.4, -0.2) is 48.9 Å². The Morgan fingerprint density at radius 1 is 1.30 bits per heavy atom. The summed E-state index contributed by atoms with van der Waals surface area (Å²) in [7, 11) is 3.91. The molecular formula is C22H34N4O. The second-order valence-corrected chi connectivity index (χ2v) is 7.15. The van der Waals surface area contributed by atoms with Crippen LogP contribution in [0.3, 0.4) is 0 Å². The van der Waals surface area contributed by atoms with Crippen LogP contribution in [0, 0.1) is 0 Å². The van der Waals surface area contributed by atoms with E-state index >= 15 is 0 Å². The third-order valence-electron chi connectivity index (χ3n) is 5.06. The van der Waals surface area contributed by atoms with Crippen molar-refractivity contribution >= 4 is 11.9 Å². The number of hydrogen-bond donors (Lipinski definition) is 1. The average molecular weight is 371 g/mol. The first-order valence-corrected chi connectivity index (χ1v) is 10.0. The van der Waals surface area contributed by atoms with Crippen LogP contribution in [0.25, 0.3) is 0 Å². The molecular weight excluding hydrogens is 336 g/mol. The molecule has 0 aliphatic carbocycles. The number of likely N-dealkylation sites (tertiary alicyclic amines) is 1. The summed E-state index contributed by atoms with van der Waals surface area (Å²) in [6.45, 7) is 7.05. The Labute approximate surface area is 164 Å². The second kappa shape index (κ2) is 11.4. The number of guanidine groups is 1. The van der Waals surface area contributed by atoms with Gasteiger partial charge in [0.25, 0.3) is 0 Å². The molecule has 0 atom stereocenters. The number of unbranched alkanes of at least 4 members (excludes halogenated alkanes) is 3. The zero-order valence-electron chi connectivity index (χ0n) is 16.9. The highest BCUT2D eigenvalue weighted by atomic mass is 16.2. The molecule has 5 nitrogen and oxygen atoms in total. The quantitative estimate of drug-likeness (QED) is 0.296. The Morgan fingerprint density at radius 2 is 2.07 bits per heavy atom. The van der Waals surface area contributed by atoms with Crippen molar-refractivity contribution < 1.29 is 4.79 Å². The molecule has 1 heterocycles. The molecule has 2 rings (SSSR count). The van der Waals surface area contributed by atoms with Crippen LogP contribution in [0.5, 0.6) is 0 Å². The van der Waals surface area contributed by atoms with Crippen molar-refractivity contribution in [1.29, 1.82) is 0 Å². The number of carbonyl (C=O) groups is 1. The van der Waals surface area contributed by atoms with E-state index in [2.05, 4.69) is 47.0 Å². The molecule has 1 aliphatic heterocycles. The Balaban J connectivity index is 1.86. The van der Waals surface area contributed by atoms with Crippen LogP contribution in [0.15, 0.2) is 41.9 Å². The first kappa shape index (κ1) is 21.0. The fraction of sp³-hybridized carbons (Fsp3) is 0.545. The van der Waals surface area contributed by atoms with E-state index in [-0.39, 0.29) is 5.91 Å². The van der Waals surface area contributed by atoms with Gasteiger partial charge in [-0.1, -0.05) is 36.8 Å². The predicted octanol–water partition coefficient (Wildman–Crippen LogP) is 3.56. The minimum absolute atomic E-state index is 0.268. The minimum Gasteiger partial charge on any atom is -0.352 e. The van der Waals surface area contributed by atoms with Gasteiger partial charge in [0.15, 0.2) is 5.96 Å². The number of rotatable bonds is 10. The smallest absolute Gasteiger partial charge is 0.222 e. The zero-order chi connectivity index (χ0) is 19.5. The molecule has 1 amide bonds. The highest BCUT2D eigenvalue weighted by Crippen LogP contribution is 2.17. The molecule has 5 heteroatoms. The van der Waals surface area contributed by atoms with Gasteiger partial charge >= 0.3 is 0 Å². The van der Waals surface area contributed by atoms with E-state index in [1.54, 1.807) is 0 Å². The molecule has 1 fully saturated rings. The van der Waals surface area contributed by atoms with Crippen LogP contribution in [-0.2, 0) is 17.9 Å². The fourth-order valence-corrected chi connectivity index (χ4v) is 3.44. The largest absolute Gasteiger partial charge is 0.352 e. The lowest BCUT2D eigenvalue weighted by atomic mass is 10.1. The van der Waals surface area contributed by atoms with Gasteiger partial charge in [-0.05, 0) is 36.8 Å². The van der Waals surface area contributed by atoms with Crippen LogP contribution >= 0.6 is 0 Å². The Bertz CT molecular complexity index is 641. The summed E-state index contributed by atoms with van der Waals surface area (Å²) >= 11 is 0. The van der Waals surface area contributed by atoms with Crippen LogP contribution in [0.4, 0.5) is 0 Å². The lowest BCUT2D eigenvalue weighted by Gasteiger charge is -2.23. The predicted molar refractivity (Wildman–Crippen MR) is 113 cm³/mol. The zero-order valence-corrected chi connectivity index (χ0v) is 16.9. The summed E-state index contributed by atoms with van der Waals surface area (Å²) in [5, 5.41) is 3.47. The number of amides is 1. The molecule has 0 radical (unpaired) electrons. The van der Waals surface area contributed by atoms with Gasteiger partial charge in [-0.3, -0.25) is 9.79 Å². The Morgan fingerprint density at radius 3 is 2.74 bits per heavy atom. The summed E-state index contributed by atoms with van der Waals surface area (Å²) in [5.74, 6) is 1.18. The number of aliphatic imine (C=N–C) groups is 1. The van der Waals surface area contributed by atoms with E-state index in [1.807, 2.05) is 24.1 Å². The van der Waals surface area contributed by atoms with E-state index in [0.29, 0.717) is 19.5 Å². The summed E-state index contributed by atoms with van der Waals surface area (Å²) in [4.78, 5) is 20.5. The molecule has 1 N–H and O–H groups in total. The first-order chi connectivity index (χ1) is 13.2. The van der Waals surface area contributed by atoms with Crippen molar-refractivity contribution in [1.82, 2.24) is 15.1 Å². The van der Waals surface area contributed by atoms with Crippen molar-refractivity contribution in [3.8, 4) is 0 Å². The fourth-order valence-electron chi connectivity index (χ4n) is 3.44. The van der Waals surface area contributed by atoms with Gasteiger partial charge in [-0.25, -0.2) is 0 Å². The number of nitrogens with one attached hydrogen (secondary N) is 1. The van der Waals surface area contributed by atoms with Gasteiger partial charge in [0, 0.05) is 46.7 Å². The molecule has 0 unspecified atom stereocenters. The van der Waals surface area contributed by atoms with Crippen molar-refractivity contribution in [2.45, 2.75) is 51.6 Å². The lowest BCUT2D eigenvalue weighted by molar-refractivity contribution is -0.128. The van der Waals surface area contributed by atoms with E-state index in [4.69, 9.17) is 0 Å². The van der Waals surface area contributed by atoms with E-state index in [1.165, 1.54) is 24.0 Å². The van der Waals surface area contributed by atoms with Crippen LogP contribution in [0.2, 0.25) is 0 Å². The highest BCUT2D eigenvalue weighted by molar-refractivity contribution is 5.79. The molecule has 0 bridgehead atoms. The summed E-state index contributed by atoms with van der Waals surface area (Å²) < 4.78 is 0. The topological polar surface area (TPSA) is 47.9 Å². The van der Waals surface area contributed by atoms with Crippen molar-refractivity contribution in [3.63, 3.8) is 0 Å². The SMILES string of the molecule is C=CCCCCCN(C)C(=NC)NCc1ccccc1CN1CCCC1=O. The molecule has 0 saturated carbocycles. The Hall–Kier alpha value is -2.30. The number of hydrogen-bond acceptors (Lipinski definition) is 2. The third-order valence-corrected chi connectivity index (χ3v) is 5.06. The number of carbonyl (C=O) groups excluding carboxylic acids is 1. The van der Waals surface area contributed by atoms with Crippen LogP contribution in [0.1, 0.15) is 49.7 Å². The molecule has 148 valence electrons. The monoisotopic (exact) mass is 370 g/mol. The molecule has 27 heavy (non-hydrogen) atoms. The van der Waals surface area contributed by atoms with E-state index in [0.717, 1.165) is 38.3 Å². The summed E-state index contributed by atoms with van der Waals surface area (Å²) in [6, 6.07) is 8.35. The minimum atomic E-state index is 0.268. The number of allylic oxidation sites excluding steroid dienone is 1. The van der Waals surface area contributed by atoms with Gasteiger partial charge < -0.3 is 15.1 Å². The standard InChI is InChI=1S/C22H34N4O/c1-4-5-6-7-10-15-25(3)22(23-2)24-17-19-12-8-9-13-20(19)18-26-16-11-14-21(26)27/h4,8-9,12-13H,1,5-7,10-11,14-18H2,2-3H3,(H,23,24). The summed E-state index contributed by atoms with van der Waals surface area (Å²) in [6.07, 6.45) is 8.29. The highest BCUT2D eigenvalue weighted by Gasteiger charge is 2.20. The molecule has 1 aromatic carbocycles.